The Bertz CT molecular complexity index is 1900. The number of nitrogens with one attached hydrogen (secondary N) is 4. The number of aliphatic hydroxyl groups excluding tert-OH is 1. The van der Waals surface area contributed by atoms with Crippen LogP contribution < -0.4 is 21.3 Å². The molecule has 0 aliphatic carbocycles. The molecule has 16 nitrogen and oxygen atoms in total. The number of carbonyl (C=O) groups is 7. The number of piperazine rings is 1. The predicted octanol–water partition coefficient (Wildman–Crippen LogP) is 1.71. The molecule has 0 aromatic heterocycles. The molecule has 7 atom stereocenters. The van der Waals surface area contributed by atoms with Gasteiger partial charge in [0.2, 0.25) is 29.5 Å². The average molecular weight is 837 g/mol. The zero-order valence-corrected chi connectivity index (χ0v) is 35.2. The summed E-state index contributed by atoms with van der Waals surface area (Å²) in [6.07, 6.45) is 1.71. The highest BCUT2D eigenvalue weighted by molar-refractivity contribution is 6.30. The molecule has 0 bridgehead atoms. The summed E-state index contributed by atoms with van der Waals surface area (Å²) in [4.78, 5) is 102. The van der Waals surface area contributed by atoms with Gasteiger partial charge in [-0.25, -0.2) is 4.79 Å². The fourth-order valence-electron chi connectivity index (χ4n) is 8.17. The molecule has 5 N–H and O–H groups in total. The van der Waals surface area contributed by atoms with Crippen LogP contribution in [0.1, 0.15) is 57.6 Å². The van der Waals surface area contributed by atoms with Crippen LogP contribution in [-0.4, -0.2) is 149 Å². The highest BCUT2D eigenvalue weighted by Crippen LogP contribution is 2.26. The Kier molecular flexibility index (Phi) is 15.5. The molecular weight excluding hydrogens is 780 g/mol. The Morgan fingerprint density at radius 3 is 2.29 bits per heavy atom. The number of carbonyl (C=O) groups excluding carboxylic acids is 7. The van der Waals surface area contributed by atoms with Gasteiger partial charge >= 0.3 is 6.03 Å². The third-order valence-corrected chi connectivity index (χ3v) is 11.5. The number of halogens is 1. The van der Waals surface area contributed by atoms with E-state index in [2.05, 4.69) is 21.3 Å². The summed E-state index contributed by atoms with van der Waals surface area (Å²) < 4.78 is 0. The molecular formula is C42H57ClN8O8. The number of urea groups is 1. The summed E-state index contributed by atoms with van der Waals surface area (Å²) in [6.45, 7) is 7.86. The first-order valence-electron chi connectivity index (χ1n) is 20.3. The Morgan fingerprint density at radius 1 is 0.847 bits per heavy atom. The number of hydrogen-bond acceptors (Lipinski definition) is 9. The first-order valence-corrected chi connectivity index (χ1v) is 20.7. The maximum Gasteiger partial charge on any atom is 0.319 e. The van der Waals surface area contributed by atoms with E-state index in [0.29, 0.717) is 49.5 Å². The van der Waals surface area contributed by atoms with Gasteiger partial charge in [-0.15, -0.1) is 0 Å². The molecule has 3 fully saturated rings. The number of likely N-dealkylation sites (tertiary alicyclic amines) is 2. The van der Waals surface area contributed by atoms with Crippen molar-refractivity contribution in [2.24, 2.45) is 5.92 Å². The molecule has 0 unspecified atom stereocenters. The Balaban J connectivity index is 1.27. The van der Waals surface area contributed by atoms with E-state index in [9.17, 15) is 38.7 Å². The molecule has 2 aromatic rings. The minimum Gasteiger partial charge on any atom is -0.394 e. The van der Waals surface area contributed by atoms with E-state index in [-0.39, 0.29) is 43.7 Å². The van der Waals surface area contributed by atoms with Crippen LogP contribution in [0.2, 0.25) is 5.02 Å². The van der Waals surface area contributed by atoms with Crippen molar-refractivity contribution in [2.45, 2.75) is 96.1 Å². The lowest BCUT2D eigenvalue weighted by atomic mass is 10.0. The number of Topliss-reactive ketones (excluding diaryl/α,β-unsaturated/α-hetero) is 1. The van der Waals surface area contributed by atoms with Crippen molar-refractivity contribution in [1.82, 2.24) is 35.6 Å². The fraction of sp³-hybridized carbons (Fsp3) is 0.548. The lowest BCUT2D eigenvalue weighted by Gasteiger charge is -2.41. The largest absolute Gasteiger partial charge is 0.394 e. The van der Waals surface area contributed by atoms with E-state index < -0.39 is 72.5 Å². The summed E-state index contributed by atoms with van der Waals surface area (Å²) in [5, 5.41) is 21.6. The molecule has 0 radical (unpaired) electrons. The van der Waals surface area contributed by atoms with E-state index in [1.165, 1.54) is 9.80 Å². The normalized spacial score (nSPS) is 22.3. The molecule has 3 heterocycles. The SMILES string of the molecule is CCC(=O)[C@@H]1C[C@@H](C)CN1C(=O)[C@H](C)NC(=O)[C@@H]1CN(C)CCN1C(=O)[C@@H]1CCCN1C(=O)[C@H](CO)NC(=O)[C@H](Cc1cccc(C)c1)NC(=O)Nc1cccc(Cl)c1. The predicted molar refractivity (Wildman–Crippen MR) is 221 cm³/mol. The molecule has 320 valence electrons. The van der Waals surface area contributed by atoms with Crippen molar-refractivity contribution in [3.8, 4) is 0 Å². The van der Waals surface area contributed by atoms with Gasteiger partial charge in [0.15, 0.2) is 5.78 Å². The highest BCUT2D eigenvalue weighted by atomic mass is 35.5. The molecule has 3 saturated heterocycles. The number of ketones is 1. The summed E-state index contributed by atoms with van der Waals surface area (Å²) >= 11 is 6.07. The number of hydrogen-bond donors (Lipinski definition) is 5. The van der Waals surface area contributed by atoms with Crippen LogP contribution in [-0.2, 0) is 35.2 Å². The molecule has 2 aromatic carbocycles. The van der Waals surface area contributed by atoms with Crippen LogP contribution in [0.25, 0.3) is 0 Å². The second-order valence-electron chi connectivity index (χ2n) is 16.0. The van der Waals surface area contributed by atoms with Gasteiger partial charge in [-0.05, 0) is 69.8 Å². The lowest BCUT2D eigenvalue weighted by Crippen LogP contribution is -2.65. The van der Waals surface area contributed by atoms with Crippen molar-refractivity contribution < 1.29 is 38.7 Å². The quantitative estimate of drug-likeness (QED) is 0.188. The van der Waals surface area contributed by atoms with Crippen LogP contribution in [0.4, 0.5) is 10.5 Å². The van der Waals surface area contributed by atoms with Gasteiger partial charge in [-0.2, -0.15) is 0 Å². The van der Waals surface area contributed by atoms with Gasteiger partial charge in [0.05, 0.1) is 12.6 Å². The van der Waals surface area contributed by atoms with Gasteiger partial charge in [-0.1, -0.05) is 61.3 Å². The summed E-state index contributed by atoms with van der Waals surface area (Å²) in [5.74, 6) is -2.64. The van der Waals surface area contributed by atoms with E-state index in [1.54, 1.807) is 43.0 Å². The summed E-state index contributed by atoms with van der Waals surface area (Å²) in [5.41, 5.74) is 2.09. The van der Waals surface area contributed by atoms with Crippen molar-refractivity contribution in [2.75, 3.05) is 51.7 Å². The number of aliphatic hydroxyl groups is 1. The molecule has 3 aliphatic rings. The first-order chi connectivity index (χ1) is 28.1. The van der Waals surface area contributed by atoms with Crippen molar-refractivity contribution in [3.05, 3.63) is 64.7 Å². The van der Waals surface area contributed by atoms with Gasteiger partial charge < -0.3 is 46.0 Å². The zero-order chi connectivity index (χ0) is 43.0. The lowest BCUT2D eigenvalue weighted by molar-refractivity contribution is -0.152. The van der Waals surface area contributed by atoms with Crippen LogP contribution in [0.5, 0.6) is 0 Å². The second-order valence-corrected chi connectivity index (χ2v) is 16.4. The van der Waals surface area contributed by atoms with Gasteiger partial charge in [0.1, 0.15) is 30.2 Å². The van der Waals surface area contributed by atoms with Crippen LogP contribution in [0.3, 0.4) is 0 Å². The fourth-order valence-corrected chi connectivity index (χ4v) is 8.36. The van der Waals surface area contributed by atoms with Gasteiger partial charge in [0.25, 0.3) is 0 Å². The number of rotatable bonds is 14. The van der Waals surface area contributed by atoms with Crippen molar-refractivity contribution in [3.63, 3.8) is 0 Å². The second kappa shape index (κ2) is 20.3. The number of benzene rings is 2. The molecule has 59 heavy (non-hydrogen) atoms. The van der Waals surface area contributed by atoms with Crippen LogP contribution in [0.15, 0.2) is 48.5 Å². The van der Waals surface area contributed by atoms with Gasteiger partial charge in [0, 0.05) is 56.3 Å². The van der Waals surface area contributed by atoms with Crippen LogP contribution >= 0.6 is 11.6 Å². The average Bonchev–Trinajstić information content (AvgIpc) is 3.85. The van der Waals surface area contributed by atoms with E-state index in [1.807, 2.05) is 50.1 Å². The van der Waals surface area contributed by atoms with Crippen molar-refractivity contribution in [1.29, 1.82) is 0 Å². The maximum atomic E-state index is 14.3. The maximum absolute atomic E-state index is 14.3. The van der Waals surface area contributed by atoms with Crippen LogP contribution in [0, 0.1) is 12.8 Å². The van der Waals surface area contributed by atoms with Gasteiger partial charge in [-0.3, -0.25) is 28.8 Å². The number of anilines is 1. The van der Waals surface area contributed by atoms with Crippen molar-refractivity contribution >= 4 is 58.6 Å². The highest BCUT2D eigenvalue weighted by Gasteiger charge is 2.45. The third kappa shape index (κ3) is 11.4. The summed E-state index contributed by atoms with van der Waals surface area (Å²) in [6, 6.07) is 7.17. The number of amides is 7. The molecule has 7 amide bonds. The van der Waals surface area contributed by atoms with E-state index in [0.717, 1.165) is 11.1 Å². The zero-order valence-electron chi connectivity index (χ0n) is 34.4. The molecule has 5 rings (SSSR count). The topological polar surface area (TPSA) is 201 Å². The van der Waals surface area contributed by atoms with E-state index >= 15 is 0 Å². The Labute approximate surface area is 350 Å². The Morgan fingerprint density at radius 2 is 1.59 bits per heavy atom. The minimum atomic E-state index is -1.44. The number of aryl methyl sites for hydroxylation is 1. The first kappa shape index (κ1) is 45.0. The Hall–Kier alpha value is -5.06. The third-order valence-electron chi connectivity index (χ3n) is 11.3. The molecule has 17 heteroatoms. The molecule has 0 spiro atoms. The number of likely N-dealkylation sites (N-methyl/N-ethyl adjacent to an activating group) is 1. The standard InChI is InChI=1S/C42H57ClN8O8/c1-6-36(53)34-19-26(3)22-51(34)39(56)27(4)44-38(55)35-23-48(5)16-17-50(35)41(58)33-14-9-15-49(33)40(57)32(24-52)46-37(54)31(20-28-11-7-10-25(2)18-28)47-42(59)45-30-13-8-12-29(43)21-30/h7-8,10-13,18,21,26-27,31-35,52H,6,9,14-17,19-20,22-24H2,1-5H3,(H,44,55)(H,46,54)(H2,45,47,59)/t26-,27+,31+,32+,33+,34+,35+/m1/s1. The summed E-state index contributed by atoms with van der Waals surface area (Å²) in [7, 11) is 1.82. The molecule has 0 saturated carbocycles. The monoisotopic (exact) mass is 836 g/mol. The van der Waals surface area contributed by atoms with E-state index in [4.69, 9.17) is 11.6 Å². The molecule has 3 aliphatic heterocycles. The minimum absolute atomic E-state index is 0.0263. The smallest absolute Gasteiger partial charge is 0.319 e. The number of nitrogens with zero attached hydrogens (tertiary/aromatic N) is 4.